The number of nitrogens with zero attached hydrogens (tertiary/aromatic N) is 1. The average molecular weight is 243 g/mol. The van der Waals surface area contributed by atoms with Crippen molar-refractivity contribution in [3.05, 3.63) is 0 Å². The minimum absolute atomic E-state index is 0. The zero-order valence-electron chi connectivity index (χ0n) is 8.15. The van der Waals surface area contributed by atoms with Gasteiger partial charge in [-0.15, -0.1) is 12.4 Å². The lowest BCUT2D eigenvalue weighted by Gasteiger charge is -2.19. The van der Waals surface area contributed by atoms with Crippen molar-refractivity contribution in [2.24, 2.45) is 22.2 Å². The number of alkyl halides is 1. The van der Waals surface area contributed by atoms with Crippen molar-refractivity contribution < 1.29 is 14.3 Å². The Bertz CT molecular complexity index is 235. The number of carboxylic acids is 1. The maximum absolute atomic E-state index is 12.3. The van der Waals surface area contributed by atoms with E-state index < -0.39 is 18.2 Å². The summed E-state index contributed by atoms with van der Waals surface area (Å²) >= 11 is 0. The first-order valence-electron chi connectivity index (χ1n) is 4.06. The fraction of sp³-hybridized carbons (Fsp3) is 0.714. The third-order valence-corrected chi connectivity index (χ3v) is 1.74. The molecular formula is C7H16ClFN4O2. The Morgan fingerprint density at radius 1 is 1.47 bits per heavy atom. The molecular weight excluding hydrogens is 227 g/mol. The first-order valence-corrected chi connectivity index (χ1v) is 4.06. The van der Waals surface area contributed by atoms with E-state index in [1.807, 2.05) is 0 Å². The Labute approximate surface area is 93.1 Å². The van der Waals surface area contributed by atoms with Gasteiger partial charge in [-0.25, -0.2) is 4.39 Å². The maximum Gasteiger partial charge on any atom is 0.326 e. The summed E-state index contributed by atoms with van der Waals surface area (Å²) in [6.07, 6.45) is 0.320. The Morgan fingerprint density at radius 3 is 2.33 bits per heavy atom. The normalized spacial score (nSPS) is 13.5. The molecule has 0 rings (SSSR count). The van der Waals surface area contributed by atoms with Crippen LogP contribution >= 0.6 is 12.4 Å². The molecule has 0 heterocycles. The fourth-order valence-corrected chi connectivity index (χ4v) is 0.834. The second-order valence-electron chi connectivity index (χ2n) is 3.01. The van der Waals surface area contributed by atoms with E-state index in [4.69, 9.17) is 22.3 Å². The van der Waals surface area contributed by atoms with Crippen molar-refractivity contribution in [2.75, 3.05) is 13.2 Å². The number of carbonyl (C=O) groups is 1. The quantitative estimate of drug-likeness (QED) is 0.276. The molecule has 1 unspecified atom stereocenters. The van der Waals surface area contributed by atoms with Crippen LogP contribution in [0, 0.1) is 0 Å². The molecule has 7 N–H and O–H groups in total. The van der Waals surface area contributed by atoms with Gasteiger partial charge in [0.1, 0.15) is 12.2 Å². The fourth-order valence-electron chi connectivity index (χ4n) is 0.834. The molecule has 0 saturated carbocycles. The largest absolute Gasteiger partial charge is 0.480 e. The van der Waals surface area contributed by atoms with Crippen molar-refractivity contribution in [1.82, 2.24) is 0 Å². The van der Waals surface area contributed by atoms with Crippen LogP contribution < -0.4 is 17.2 Å². The van der Waals surface area contributed by atoms with Gasteiger partial charge in [-0.2, -0.15) is 0 Å². The Balaban J connectivity index is 0. The summed E-state index contributed by atoms with van der Waals surface area (Å²) in [4.78, 5) is 14.2. The summed E-state index contributed by atoms with van der Waals surface area (Å²) in [6.45, 7) is -0.862. The average Bonchev–Trinajstić information content (AvgIpc) is 2.11. The van der Waals surface area contributed by atoms with E-state index in [1.54, 1.807) is 0 Å². The van der Waals surface area contributed by atoms with Crippen LogP contribution in [0.1, 0.15) is 12.8 Å². The third-order valence-electron chi connectivity index (χ3n) is 1.74. The maximum atomic E-state index is 12.3. The Hall–Kier alpha value is -1.08. The lowest BCUT2D eigenvalue weighted by molar-refractivity contribution is -0.144. The molecule has 1 atom stereocenters. The predicted molar refractivity (Wildman–Crippen MR) is 57.7 cm³/mol. The van der Waals surface area contributed by atoms with Crippen LogP contribution in [0.25, 0.3) is 0 Å². The van der Waals surface area contributed by atoms with Crippen LogP contribution in [-0.2, 0) is 4.79 Å². The lowest BCUT2D eigenvalue weighted by atomic mass is 9.96. The van der Waals surface area contributed by atoms with Gasteiger partial charge in [-0.3, -0.25) is 9.79 Å². The van der Waals surface area contributed by atoms with Crippen LogP contribution in [0.3, 0.4) is 0 Å². The smallest absolute Gasteiger partial charge is 0.326 e. The molecule has 8 heteroatoms. The number of hydrogen-bond donors (Lipinski definition) is 4. The Kier molecular flexibility index (Phi) is 7.90. The summed E-state index contributed by atoms with van der Waals surface area (Å²) in [6, 6.07) is 0. The first-order chi connectivity index (χ1) is 6.42. The van der Waals surface area contributed by atoms with Crippen LogP contribution in [0.4, 0.5) is 4.39 Å². The molecule has 0 radical (unpaired) electrons. The second-order valence-corrected chi connectivity index (χ2v) is 3.01. The van der Waals surface area contributed by atoms with Gasteiger partial charge in [0.05, 0.1) is 0 Å². The van der Waals surface area contributed by atoms with Crippen LogP contribution in [-0.4, -0.2) is 35.8 Å². The molecule has 0 amide bonds. The molecule has 0 aromatic rings. The van der Waals surface area contributed by atoms with E-state index >= 15 is 0 Å². The molecule has 0 aliphatic rings. The number of aliphatic imine (C=N–C) groups is 1. The van der Waals surface area contributed by atoms with E-state index in [1.165, 1.54) is 0 Å². The van der Waals surface area contributed by atoms with Crippen LogP contribution in [0.2, 0.25) is 0 Å². The highest BCUT2D eigenvalue weighted by atomic mass is 35.5. The zero-order chi connectivity index (χ0) is 11.2. The van der Waals surface area contributed by atoms with Crippen molar-refractivity contribution >= 4 is 24.3 Å². The summed E-state index contributed by atoms with van der Waals surface area (Å²) < 4.78 is 12.3. The summed E-state index contributed by atoms with van der Waals surface area (Å²) in [7, 11) is 0. The zero-order valence-corrected chi connectivity index (χ0v) is 8.97. The van der Waals surface area contributed by atoms with Gasteiger partial charge >= 0.3 is 5.97 Å². The minimum atomic E-state index is -1.82. The minimum Gasteiger partial charge on any atom is -0.480 e. The second kappa shape index (κ2) is 7.24. The molecule has 0 aromatic heterocycles. The number of carboxylic acid groups (broad SMARTS) is 1. The highest BCUT2D eigenvalue weighted by Crippen LogP contribution is 2.10. The van der Waals surface area contributed by atoms with E-state index in [2.05, 4.69) is 4.99 Å². The van der Waals surface area contributed by atoms with E-state index in [9.17, 15) is 9.18 Å². The molecule has 0 bridgehead atoms. The molecule has 6 nitrogen and oxygen atoms in total. The standard InChI is InChI=1S/C7H15FN4O2.ClH/c8-4-7(11,5(13)14)2-1-3-12-6(9)10;/h1-4,11H2,(H,13,14)(H4,9,10,12);1H. The molecule has 0 aromatic carbocycles. The van der Waals surface area contributed by atoms with E-state index in [0.717, 1.165) is 0 Å². The van der Waals surface area contributed by atoms with Crippen LogP contribution in [0.15, 0.2) is 4.99 Å². The lowest BCUT2D eigenvalue weighted by Crippen LogP contribution is -2.50. The van der Waals surface area contributed by atoms with Crippen molar-refractivity contribution in [3.8, 4) is 0 Å². The Morgan fingerprint density at radius 2 is 2.00 bits per heavy atom. The molecule has 90 valence electrons. The van der Waals surface area contributed by atoms with Gasteiger partial charge in [0.25, 0.3) is 0 Å². The number of nitrogens with two attached hydrogens (primary N) is 3. The molecule has 15 heavy (non-hydrogen) atoms. The predicted octanol–water partition coefficient (Wildman–Crippen LogP) is -0.787. The molecule has 0 saturated heterocycles. The van der Waals surface area contributed by atoms with Gasteiger partial charge in [0, 0.05) is 6.54 Å². The van der Waals surface area contributed by atoms with Crippen molar-refractivity contribution in [3.63, 3.8) is 0 Å². The number of hydrogen-bond acceptors (Lipinski definition) is 3. The van der Waals surface area contributed by atoms with Gasteiger partial charge in [0.2, 0.25) is 0 Å². The van der Waals surface area contributed by atoms with Gasteiger partial charge in [0.15, 0.2) is 5.96 Å². The van der Waals surface area contributed by atoms with Gasteiger partial charge < -0.3 is 22.3 Å². The number of aliphatic carboxylic acids is 1. The van der Waals surface area contributed by atoms with Gasteiger partial charge in [-0.05, 0) is 12.8 Å². The highest BCUT2D eigenvalue weighted by molar-refractivity contribution is 5.85. The van der Waals surface area contributed by atoms with Crippen molar-refractivity contribution in [1.29, 1.82) is 0 Å². The van der Waals surface area contributed by atoms with E-state index in [0.29, 0.717) is 6.42 Å². The SMILES string of the molecule is Cl.NC(N)=NCCCC(N)(CF)C(=O)O. The molecule has 0 aliphatic carbocycles. The third kappa shape index (κ3) is 6.08. The number of guanidine groups is 1. The number of halogens is 2. The number of rotatable bonds is 6. The summed E-state index contributed by atoms with van der Waals surface area (Å²) in [5.74, 6) is -1.44. The van der Waals surface area contributed by atoms with Gasteiger partial charge in [-0.1, -0.05) is 0 Å². The highest BCUT2D eigenvalue weighted by Gasteiger charge is 2.33. The van der Waals surface area contributed by atoms with E-state index in [-0.39, 0.29) is 31.3 Å². The molecule has 0 fully saturated rings. The monoisotopic (exact) mass is 242 g/mol. The van der Waals surface area contributed by atoms with Crippen LogP contribution in [0.5, 0.6) is 0 Å². The molecule has 0 spiro atoms. The van der Waals surface area contributed by atoms with Crippen molar-refractivity contribution in [2.45, 2.75) is 18.4 Å². The first kappa shape index (κ1) is 16.4. The topological polar surface area (TPSA) is 128 Å². The summed E-state index contributed by atoms with van der Waals surface area (Å²) in [5.41, 5.74) is 13.5. The molecule has 0 aliphatic heterocycles. The summed E-state index contributed by atoms with van der Waals surface area (Å²) in [5, 5.41) is 8.59.